The van der Waals surface area contributed by atoms with Gasteiger partial charge in [0.05, 0.1) is 29.3 Å². The lowest BCUT2D eigenvalue weighted by atomic mass is 10.2. The molecule has 0 fully saturated rings. The van der Waals surface area contributed by atoms with Crippen molar-refractivity contribution in [1.82, 2.24) is 9.55 Å². The van der Waals surface area contributed by atoms with Crippen molar-refractivity contribution < 1.29 is 9.53 Å². The van der Waals surface area contributed by atoms with Gasteiger partial charge in [-0.3, -0.25) is 14.2 Å². The number of aromatic nitrogens is 2. The fourth-order valence-electron chi connectivity index (χ4n) is 3.25. The predicted molar refractivity (Wildman–Crippen MR) is 121 cm³/mol. The van der Waals surface area contributed by atoms with Crippen LogP contribution in [0.15, 0.2) is 76.0 Å². The number of nitrogens with one attached hydrogen (secondary N) is 1. The molecule has 3 aromatic carbocycles. The minimum absolute atomic E-state index is 0.129. The van der Waals surface area contributed by atoms with Gasteiger partial charge in [-0.1, -0.05) is 12.1 Å². The van der Waals surface area contributed by atoms with E-state index in [1.165, 1.54) is 0 Å². The Kier molecular flexibility index (Phi) is 5.37. The second kappa shape index (κ2) is 8.12. The predicted octanol–water partition coefficient (Wildman–Crippen LogP) is 4.72. The van der Waals surface area contributed by atoms with Crippen LogP contribution in [0.25, 0.3) is 16.6 Å². The first-order valence-corrected chi connectivity index (χ1v) is 10.0. The average Bonchev–Trinajstić information content (AvgIpc) is 2.75. The molecule has 1 N–H and O–H groups in total. The van der Waals surface area contributed by atoms with Crippen LogP contribution in [0.4, 0.5) is 5.69 Å². The van der Waals surface area contributed by atoms with E-state index in [1.807, 2.05) is 18.2 Å². The van der Waals surface area contributed by atoms with Gasteiger partial charge in [0.2, 0.25) is 0 Å². The number of halogens is 1. The highest BCUT2D eigenvalue weighted by Gasteiger charge is 2.13. The Morgan fingerprint density at radius 2 is 1.80 bits per heavy atom. The Bertz CT molecular complexity index is 1310. The minimum Gasteiger partial charge on any atom is -0.497 e. The second-order valence-electron chi connectivity index (χ2n) is 6.66. The summed E-state index contributed by atoms with van der Waals surface area (Å²) in [6, 6.07) is 19.5. The van der Waals surface area contributed by atoms with Gasteiger partial charge in [-0.2, -0.15) is 0 Å². The van der Waals surface area contributed by atoms with Crippen LogP contribution < -0.4 is 15.6 Å². The number of benzene rings is 3. The Balaban J connectivity index is 1.64. The van der Waals surface area contributed by atoms with Gasteiger partial charge < -0.3 is 10.1 Å². The molecule has 0 unspecified atom stereocenters. The molecular weight excluding hydrogens is 446 g/mol. The molecule has 0 radical (unpaired) electrons. The molecule has 0 aliphatic carbocycles. The summed E-state index contributed by atoms with van der Waals surface area (Å²) in [7, 11) is 1.55. The molecule has 1 aromatic heterocycles. The Morgan fingerprint density at radius 1 is 1.07 bits per heavy atom. The summed E-state index contributed by atoms with van der Waals surface area (Å²) in [5.74, 6) is 0.919. The topological polar surface area (TPSA) is 73.2 Å². The third kappa shape index (κ3) is 3.71. The van der Waals surface area contributed by atoms with E-state index in [0.717, 1.165) is 0 Å². The number of fused-ring (bicyclic) bond motifs is 1. The molecule has 0 bridgehead atoms. The van der Waals surface area contributed by atoms with Crippen LogP contribution in [-0.4, -0.2) is 22.6 Å². The molecule has 0 saturated carbocycles. The van der Waals surface area contributed by atoms with Gasteiger partial charge in [0.1, 0.15) is 11.6 Å². The smallest absolute Gasteiger partial charge is 0.265 e. The van der Waals surface area contributed by atoms with Gasteiger partial charge in [0.25, 0.3) is 11.5 Å². The fraction of sp³-hybridized carbons (Fsp3) is 0.0870. The Hall–Kier alpha value is -3.45. The molecule has 30 heavy (non-hydrogen) atoms. The summed E-state index contributed by atoms with van der Waals surface area (Å²) in [4.78, 5) is 30.1. The molecule has 1 heterocycles. The van der Waals surface area contributed by atoms with E-state index in [2.05, 4.69) is 26.2 Å². The Morgan fingerprint density at radius 3 is 2.53 bits per heavy atom. The quantitative estimate of drug-likeness (QED) is 0.475. The van der Waals surface area contributed by atoms with Crippen molar-refractivity contribution in [1.29, 1.82) is 0 Å². The molecule has 0 atom stereocenters. The first kappa shape index (κ1) is 19.8. The molecule has 0 aliphatic rings. The number of para-hydroxylation sites is 1. The van der Waals surface area contributed by atoms with E-state index in [4.69, 9.17) is 4.74 Å². The third-order valence-electron chi connectivity index (χ3n) is 4.74. The van der Waals surface area contributed by atoms with Crippen LogP contribution >= 0.6 is 15.9 Å². The van der Waals surface area contributed by atoms with Crippen LogP contribution in [0.2, 0.25) is 0 Å². The van der Waals surface area contributed by atoms with Crippen LogP contribution in [0.1, 0.15) is 16.2 Å². The van der Waals surface area contributed by atoms with Gasteiger partial charge in [0, 0.05) is 10.2 Å². The molecule has 0 saturated heterocycles. The number of ether oxygens (including phenoxy) is 1. The first-order valence-electron chi connectivity index (χ1n) is 9.21. The summed E-state index contributed by atoms with van der Waals surface area (Å²) in [6.07, 6.45) is 0. The molecule has 6 nitrogen and oxygen atoms in total. The number of hydrogen-bond donors (Lipinski definition) is 1. The van der Waals surface area contributed by atoms with E-state index in [-0.39, 0.29) is 11.5 Å². The average molecular weight is 464 g/mol. The van der Waals surface area contributed by atoms with Crippen molar-refractivity contribution in [3.05, 3.63) is 92.9 Å². The van der Waals surface area contributed by atoms with Crippen molar-refractivity contribution in [3.63, 3.8) is 0 Å². The summed E-state index contributed by atoms with van der Waals surface area (Å²) in [5, 5.41) is 3.42. The summed E-state index contributed by atoms with van der Waals surface area (Å²) in [5.41, 5.74) is 2.29. The molecule has 4 aromatic rings. The van der Waals surface area contributed by atoms with Crippen molar-refractivity contribution >= 4 is 38.4 Å². The zero-order valence-corrected chi connectivity index (χ0v) is 17.9. The van der Waals surface area contributed by atoms with Gasteiger partial charge in [-0.05, 0) is 77.5 Å². The highest BCUT2D eigenvalue weighted by molar-refractivity contribution is 9.10. The largest absolute Gasteiger partial charge is 0.497 e. The van der Waals surface area contributed by atoms with E-state index >= 15 is 0 Å². The van der Waals surface area contributed by atoms with E-state index in [1.54, 1.807) is 67.1 Å². The second-order valence-corrected chi connectivity index (χ2v) is 7.52. The number of aryl methyl sites for hydroxylation is 1. The SMILES string of the molecule is COc1ccc(Br)c(C(=O)Nc2ccc(-n3c(C)nc4ccccc4c3=O)cc2)c1. The number of amides is 1. The molecule has 150 valence electrons. The van der Waals surface area contributed by atoms with E-state index in [0.29, 0.717) is 43.9 Å². The summed E-state index contributed by atoms with van der Waals surface area (Å²) < 4.78 is 7.42. The molecule has 0 aliphatic heterocycles. The number of anilines is 1. The van der Waals surface area contributed by atoms with Crippen molar-refractivity contribution in [2.24, 2.45) is 0 Å². The van der Waals surface area contributed by atoms with Crippen molar-refractivity contribution in [3.8, 4) is 11.4 Å². The zero-order valence-electron chi connectivity index (χ0n) is 16.3. The molecular formula is C23H18BrN3O3. The van der Waals surface area contributed by atoms with E-state index < -0.39 is 0 Å². The molecule has 7 heteroatoms. The van der Waals surface area contributed by atoms with E-state index in [9.17, 15) is 9.59 Å². The zero-order chi connectivity index (χ0) is 21.3. The normalized spacial score (nSPS) is 10.8. The third-order valence-corrected chi connectivity index (χ3v) is 5.44. The van der Waals surface area contributed by atoms with Gasteiger partial charge in [0.15, 0.2) is 0 Å². The number of rotatable bonds is 4. The van der Waals surface area contributed by atoms with Gasteiger partial charge >= 0.3 is 0 Å². The highest BCUT2D eigenvalue weighted by atomic mass is 79.9. The number of carbonyl (C=O) groups is 1. The lowest BCUT2D eigenvalue weighted by Gasteiger charge is -2.12. The summed E-state index contributed by atoms with van der Waals surface area (Å²) >= 11 is 3.39. The molecule has 4 rings (SSSR count). The molecule has 0 spiro atoms. The molecule has 1 amide bonds. The number of methoxy groups -OCH3 is 1. The monoisotopic (exact) mass is 463 g/mol. The minimum atomic E-state index is -0.269. The maximum Gasteiger partial charge on any atom is 0.265 e. The van der Waals surface area contributed by atoms with Crippen molar-refractivity contribution in [2.45, 2.75) is 6.92 Å². The lowest BCUT2D eigenvalue weighted by molar-refractivity contribution is 0.102. The lowest BCUT2D eigenvalue weighted by Crippen LogP contribution is -2.22. The van der Waals surface area contributed by atoms with Crippen LogP contribution in [0, 0.1) is 6.92 Å². The number of hydrogen-bond acceptors (Lipinski definition) is 4. The van der Waals surface area contributed by atoms with Crippen LogP contribution in [0.3, 0.4) is 0 Å². The van der Waals surface area contributed by atoms with Crippen LogP contribution in [0.5, 0.6) is 5.75 Å². The van der Waals surface area contributed by atoms with Crippen molar-refractivity contribution in [2.75, 3.05) is 12.4 Å². The van der Waals surface area contributed by atoms with Gasteiger partial charge in [-0.25, -0.2) is 4.98 Å². The Labute approximate surface area is 181 Å². The van der Waals surface area contributed by atoms with Crippen LogP contribution in [-0.2, 0) is 0 Å². The number of carbonyl (C=O) groups excluding carboxylic acids is 1. The summed E-state index contributed by atoms with van der Waals surface area (Å²) in [6.45, 7) is 1.80. The standard InChI is InChI=1S/C23H18BrN3O3/c1-14-25-21-6-4-3-5-18(21)23(29)27(14)16-9-7-15(8-10-16)26-22(28)19-13-17(30-2)11-12-20(19)24/h3-13H,1-2H3,(H,26,28). The highest BCUT2D eigenvalue weighted by Crippen LogP contribution is 2.24. The maximum atomic E-state index is 12.9. The maximum absolute atomic E-state index is 12.9. The first-order chi connectivity index (χ1) is 14.5. The van der Waals surface area contributed by atoms with Gasteiger partial charge in [-0.15, -0.1) is 0 Å². The number of nitrogens with zero attached hydrogens (tertiary/aromatic N) is 2. The fourth-order valence-corrected chi connectivity index (χ4v) is 3.67.